The summed E-state index contributed by atoms with van der Waals surface area (Å²) < 4.78 is 0. The van der Waals surface area contributed by atoms with Crippen LogP contribution in [0.1, 0.15) is 44.9 Å². The summed E-state index contributed by atoms with van der Waals surface area (Å²) in [5.41, 5.74) is 18.8. The van der Waals surface area contributed by atoms with E-state index in [9.17, 15) is 33.6 Å². The van der Waals surface area contributed by atoms with E-state index in [1.165, 1.54) is 0 Å². The monoisotopic (exact) mass is 629 g/mol. The molecule has 44 heavy (non-hydrogen) atoms. The standard InChI is InChI=1S/C23H39N11O10/c24-23(25)27-7-4-5-13(31-17(37)10-28-16(36)6-2-1-3-8-30-34-26)20(41)29-11-18(38)32-14(9-19(39)40)21(42)33-15(12-35)22(43)44/h13-15,35H,1-12H2,(H,28,36)(H,29,41)(H,31,37)(H,32,38)(H,33,42)(H,39,40)(H,43,44)(H4,24,25,27)/t13-,14-,15+/m1/s1. The summed E-state index contributed by atoms with van der Waals surface area (Å²) in [6, 6.07) is -4.70. The number of nitrogens with one attached hydrogen (secondary N) is 5. The second-order valence-corrected chi connectivity index (χ2v) is 9.13. The number of aliphatic carboxylic acids is 2. The Balaban J connectivity index is 5.11. The fourth-order valence-corrected chi connectivity index (χ4v) is 3.35. The summed E-state index contributed by atoms with van der Waals surface area (Å²) in [7, 11) is 0. The fraction of sp³-hybridized carbons (Fsp3) is 0.652. The largest absolute Gasteiger partial charge is 0.481 e. The van der Waals surface area contributed by atoms with Crippen LogP contribution in [-0.2, 0) is 33.6 Å². The van der Waals surface area contributed by atoms with Crippen molar-refractivity contribution in [3.8, 4) is 0 Å². The second-order valence-electron chi connectivity index (χ2n) is 9.13. The number of azide groups is 1. The SMILES string of the molecule is [N-]=[N+]=NCCCCCC(=O)NCC(=O)N[C@H](CCCN=C(N)N)C(=O)NCC(=O)N[C@H](CC(=O)O)C(=O)N[C@@H](CO)C(=O)O. The molecule has 0 fully saturated rings. The van der Waals surface area contributed by atoms with Crippen LogP contribution in [0, 0.1) is 0 Å². The Morgan fingerprint density at radius 3 is 1.95 bits per heavy atom. The first-order valence-corrected chi connectivity index (χ1v) is 13.4. The van der Waals surface area contributed by atoms with Crippen LogP contribution in [0.5, 0.6) is 0 Å². The molecule has 0 spiro atoms. The second kappa shape index (κ2) is 22.4. The summed E-state index contributed by atoms with van der Waals surface area (Å²) in [5.74, 6) is -7.49. The summed E-state index contributed by atoms with van der Waals surface area (Å²) in [6.07, 6.45) is 1.17. The predicted molar refractivity (Wildman–Crippen MR) is 151 cm³/mol. The smallest absolute Gasteiger partial charge is 0.328 e. The van der Waals surface area contributed by atoms with Gasteiger partial charge in [-0.3, -0.25) is 33.8 Å². The van der Waals surface area contributed by atoms with E-state index in [4.69, 9.17) is 32.3 Å². The third kappa shape index (κ3) is 19.0. The van der Waals surface area contributed by atoms with E-state index in [1.54, 1.807) is 0 Å². The molecule has 0 heterocycles. The van der Waals surface area contributed by atoms with Crippen molar-refractivity contribution in [3.63, 3.8) is 0 Å². The molecule has 5 amide bonds. The summed E-state index contributed by atoms with van der Waals surface area (Å²) in [5, 5.41) is 41.5. The molecule has 0 aromatic rings. The first kappa shape index (κ1) is 38.8. The molecule has 0 aromatic carbocycles. The van der Waals surface area contributed by atoms with E-state index in [2.05, 4.69) is 36.3 Å². The maximum Gasteiger partial charge on any atom is 0.328 e. The first-order valence-electron chi connectivity index (χ1n) is 13.4. The van der Waals surface area contributed by atoms with E-state index < -0.39 is 85.7 Å². The first-order chi connectivity index (χ1) is 20.8. The van der Waals surface area contributed by atoms with Gasteiger partial charge in [0.25, 0.3) is 0 Å². The molecule has 246 valence electrons. The lowest BCUT2D eigenvalue weighted by Gasteiger charge is -2.21. The highest BCUT2D eigenvalue weighted by molar-refractivity contribution is 5.95. The Kier molecular flexibility index (Phi) is 19.8. The van der Waals surface area contributed by atoms with Crippen LogP contribution in [0.15, 0.2) is 10.1 Å². The molecule has 0 aliphatic heterocycles. The van der Waals surface area contributed by atoms with Crippen molar-refractivity contribution in [2.45, 2.75) is 63.1 Å². The number of aliphatic imine (C=N–C) groups is 1. The maximum atomic E-state index is 12.8. The van der Waals surface area contributed by atoms with Gasteiger partial charge in [-0.25, -0.2) is 4.79 Å². The van der Waals surface area contributed by atoms with Gasteiger partial charge in [-0.15, -0.1) is 0 Å². The van der Waals surface area contributed by atoms with Crippen molar-refractivity contribution in [3.05, 3.63) is 10.4 Å². The Morgan fingerprint density at radius 2 is 1.39 bits per heavy atom. The lowest BCUT2D eigenvalue weighted by molar-refractivity contribution is -0.144. The Bertz CT molecular complexity index is 1090. The molecule has 0 aliphatic carbocycles. The number of unbranched alkanes of at least 4 members (excludes halogenated alkanes) is 2. The Hall–Kier alpha value is -5.17. The molecular weight excluding hydrogens is 590 g/mol. The number of hydrogen-bond acceptors (Lipinski definition) is 10. The predicted octanol–water partition coefficient (Wildman–Crippen LogP) is -3.85. The number of carboxylic acids is 2. The number of nitrogens with zero attached hydrogens (tertiary/aromatic N) is 4. The van der Waals surface area contributed by atoms with Gasteiger partial charge in [-0.2, -0.15) is 0 Å². The third-order valence-corrected chi connectivity index (χ3v) is 5.52. The number of carbonyl (C=O) groups is 7. The minimum Gasteiger partial charge on any atom is -0.481 e. The third-order valence-electron chi connectivity index (χ3n) is 5.52. The number of carboxylic acid groups (broad SMARTS) is 2. The average molecular weight is 630 g/mol. The molecule has 21 nitrogen and oxygen atoms in total. The van der Waals surface area contributed by atoms with Crippen molar-refractivity contribution in [1.29, 1.82) is 0 Å². The van der Waals surface area contributed by atoms with Crippen molar-refractivity contribution in [1.82, 2.24) is 26.6 Å². The number of aliphatic hydroxyl groups is 1. The van der Waals surface area contributed by atoms with Gasteiger partial charge in [0.2, 0.25) is 29.5 Å². The van der Waals surface area contributed by atoms with Gasteiger partial charge < -0.3 is 53.4 Å². The lowest BCUT2D eigenvalue weighted by Crippen LogP contribution is -2.55. The van der Waals surface area contributed by atoms with Crippen LogP contribution in [0.2, 0.25) is 0 Å². The van der Waals surface area contributed by atoms with E-state index >= 15 is 0 Å². The highest BCUT2D eigenvalue weighted by atomic mass is 16.4. The van der Waals surface area contributed by atoms with E-state index in [-0.39, 0.29) is 31.8 Å². The minimum atomic E-state index is -1.75. The van der Waals surface area contributed by atoms with Crippen LogP contribution in [0.3, 0.4) is 0 Å². The van der Waals surface area contributed by atoms with E-state index in [0.717, 1.165) is 0 Å². The van der Waals surface area contributed by atoms with Crippen LogP contribution < -0.4 is 38.1 Å². The van der Waals surface area contributed by atoms with Gasteiger partial charge in [0.05, 0.1) is 26.1 Å². The van der Waals surface area contributed by atoms with Crippen LogP contribution >= 0.6 is 0 Å². The molecule has 0 bridgehead atoms. The van der Waals surface area contributed by atoms with Crippen molar-refractivity contribution in [2.24, 2.45) is 21.6 Å². The van der Waals surface area contributed by atoms with Gasteiger partial charge in [0, 0.05) is 24.4 Å². The topological polar surface area (TPSA) is 353 Å². The lowest BCUT2D eigenvalue weighted by atomic mass is 10.1. The van der Waals surface area contributed by atoms with E-state index in [1.807, 2.05) is 5.32 Å². The van der Waals surface area contributed by atoms with Gasteiger partial charge in [0.15, 0.2) is 5.96 Å². The fourth-order valence-electron chi connectivity index (χ4n) is 3.35. The number of amides is 5. The number of rotatable bonds is 23. The molecule has 0 rings (SSSR count). The highest BCUT2D eigenvalue weighted by Gasteiger charge is 2.28. The Labute approximate surface area is 251 Å². The van der Waals surface area contributed by atoms with Gasteiger partial charge in [-0.05, 0) is 31.2 Å². The zero-order valence-electron chi connectivity index (χ0n) is 23.9. The maximum absolute atomic E-state index is 12.8. The molecule has 0 saturated carbocycles. The number of hydrogen-bond donors (Lipinski definition) is 10. The molecule has 0 saturated heterocycles. The van der Waals surface area contributed by atoms with Crippen molar-refractivity contribution in [2.75, 3.05) is 32.8 Å². The molecule has 0 aliphatic rings. The average Bonchev–Trinajstić information content (AvgIpc) is 2.95. The number of aliphatic hydroxyl groups excluding tert-OH is 1. The zero-order valence-corrected chi connectivity index (χ0v) is 23.9. The minimum absolute atomic E-state index is 0.0108. The van der Waals surface area contributed by atoms with Gasteiger partial charge >= 0.3 is 11.9 Å². The highest BCUT2D eigenvalue weighted by Crippen LogP contribution is 2.01. The Morgan fingerprint density at radius 1 is 0.750 bits per heavy atom. The van der Waals surface area contributed by atoms with Crippen LogP contribution in [-0.4, -0.2) is 114 Å². The molecule has 0 aromatic heterocycles. The molecule has 12 N–H and O–H groups in total. The van der Waals surface area contributed by atoms with Crippen LogP contribution in [0.25, 0.3) is 10.4 Å². The van der Waals surface area contributed by atoms with E-state index in [0.29, 0.717) is 25.8 Å². The van der Waals surface area contributed by atoms with Crippen molar-refractivity contribution >= 4 is 47.4 Å². The normalized spacial score (nSPS) is 12.2. The summed E-state index contributed by atoms with van der Waals surface area (Å²) in [4.78, 5) is 90.4. The van der Waals surface area contributed by atoms with Gasteiger partial charge in [0.1, 0.15) is 18.1 Å². The van der Waals surface area contributed by atoms with Crippen LogP contribution in [0.4, 0.5) is 0 Å². The quantitative estimate of drug-likeness (QED) is 0.0130. The summed E-state index contributed by atoms with van der Waals surface area (Å²) >= 11 is 0. The number of guanidine groups is 1. The molecule has 3 atom stereocenters. The molecular formula is C23H39N11O10. The van der Waals surface area contributed by atoms with Gasteiger partial charge in [-0.1, -0.05) is 11.5 Å². The zero-order chi connectivity index (χ0) is 33.5. The molecule has 21 heteroatoms. The molecule has 0 radical (unpaired) electrons. The summed E-state index contributed by atoms with van der Waals surface area (Å²) in [6.45, 7) is -1.79. The number of carbonyl (C=O) groups excluding carboxylic acids is 5. The molecule has 0 unspecified atom stereocenters. The van der Waals surface area contributed by atoms with Crippen molar-refractivity contribution < 1.29 is 48.9 Å². The number of nitrogens with two attached hydrogens (primary N) is 2.